The van der Waals surface area contributed by atoms with E-state index in [1.165, 1.54) is 12.1 Å². The normalized spacial score (nSPS) is 12.8. The molecule has 1 unspecified atom stereocenters. The van der Waals surface area contributed by atoms with Gasteiger partial charge in [0.15, 0.2) is 0 Å². The molecular weight excluding hydrogens is 246 g/mol. The molecule has 4 N–H and O–H groups in total. The average Bonchev–Trinajstić information content (AvgIpc) is 2.13. The molecule has 0 spiro atoms. The molecule has 1 aromatic rings. The highest BCUT2D eigenvalue weighted by atomic mass is 79.9. The highest BCUT2D eigenvalue weighted by Crippen LogP contribution is 2.32. The fraction of sp³-hybridized carbons (Fsp3) is 0.400. The largest absolute Gasteiger partial charge is 0.508 e. The Labute approximate surface area is 91.7 Å². The molecular formula is C10H14BrNO2. The van der Waals surface area contributed by atoms with Gasteiger partial charge >= 0.3 is 0 Å². The molecule has 0 heterocycles. The zero-order valence-corrected chi connectivity index (χ0v) is 9.58. The monoisotopic (exact) mass is 259 g/mol. The molecule has 4 heteroatoms. The van der Waals surface area contributed by atoms with Crippen molar-refractivity contribution in [1.29, 1.82) is 0 Å². The maximum atomic E-state index is 9.65. The van der Waals surface area contributed by atoms with Crippen molar-refractivity contribution in [3.63, 3.8) is 0 Å². The molecule has 3 nitrogen and oxygen atoms in total. The van der Waals surface area contributed by atoms with Gasteiger partial charge in [-0.1, -0.05) is 6.92 Å². The summed E-state index contributed by atoms with van der Waals surface area (Å²) in [5.41, 5.74) is 6.44. The molecule has 0 amide bonds. The first-order valence-corrected chi connectivity index (χ1v) is 5.29. The van der Waals surface area contributed by atoms with Crippen LogP contribution in [0, 0.1) is 0 Å². The summed E-state index contributed by atoms with van der Waals surface area (Å²) in [6, 6.07) is 3.00. The lowest BCUT2D eigenvalue weighted by atomic mass is 10.0. The summed E-state index contributed by atoms with van der Waals surface area (Å²) in [6.45, 7) is 1.99. The first-order valence-electron chi connectivity index (χ1n) is 4.50. The van der Waals surface area contributed by atoms with Gasteiger partial charge in [0.05, 0.1) is 4.47 Å². The Balaban J connectivity index is 2.96. The second-order valence-electron chi connectivity index (χ2n) is 3.31. The third-order valence-corrected chi connectivity index (χ3v) is 2.74. The van der Waals surface area contributed by atoms with Gasteiger partial charge in [-0.25, -0.2) is 0 Å². The van der Waals surface area contributed by atoms with Crippen LogP contribution in [0.2, 0.25) is 0 Å². The number of phenolic OH excluding ortho intramolecular Hbond substituents is 2. The van der Waals surface area contributed by atoms with Gasteiger partial charge < -0.3 is 15.9 Å². The number of benzene rings is 1. The van der Waals surface area contributed by atoms with Gasteiger partial charge in [0.2, 0.25) is 0 Å². The molecule has 1 aromatic carbocycles. The van der Waals surface area contributed by atoms with Crippen LogP contribution < -0.4 is 5.73 Å². The summed E-state index contributed by atoms with van der Waals surface area (Å²) in [7, 11) is 0. The van der Waals surface area contributed by atoms with Crippen LogP contribution in [0.15, 0.2) is 16.6 Å². The summed E-state index contributed by atoms with van der Waals surface area (Å²) in [4.78, 5) is 0. The van der Waals surface area contributed by atoms with E-state index >= 15 is 0 Å². The first-order chi connectivity index (χ1) is 6.54. The molecule has 0 aliphatic rings. The SMILES string of the molecule is CCC(N)Cc1cc(O)cc(Br)c1O. The number of halogens is 1. The highest BCUT2D eigenvalue weighted by Gasteiger charge is 2.10. The van der Waals surface area contributed by atoms with Crippen LogP contribution in [0.25, 0.3) is 0 Å². The molecule has 1 rings (SSSR count). The van der Waals surface area contributed by atoms with Crippen molar-refractivity contribution in [3.05, 3.63) is 22.2 Å². The van der Waals surface area contributed by atoms with Crippen LogP contribution in [0.3, 0.4) is 0 Å². The molecule has 0 saturated heterocycles. The Hall–Kier alpha value is -0.740. The summed E-state index contributed by atoms with van der Waals surface area (Å²) in [5.74, 6) is 0.291. The number of hydrogen-bond donors (Lipinski definition) is 3. The molecule has 0 aromatic heterocycles. The molecule has 0 aliphatic carbocycles. The second-order valence-corrected chi connectivity index (χ2v) is 4.16. The van der Waals surface area contributed by atoms with Gasteiger partial charge in [-0.3, -0.25) is 0 Å². The number of phenols is 2. The highest BCUT2D eigenvalue weighted by molar-refractivity contribution is 9.10. The van der Waals surface area contributed by atoms with Gasteiger partial charge in [-0.15, -0.1) is 0 Å². The summed E-state index contributed by atoms with van der Waals surface area (Å²) < 4.78 is 0.496. The predicted octanol–water partition coefficient (Wildman–Crippen LogP) is 2.14. The summed E-state index contributed by atoms with van der Waals surface area (Å²) >= 11 is 3.16. The van der Waals surface area contributed by atoms with Crippen molar-refractivity contribution in [2.75, 3.05) is 0 Å². The van der Waals surface area contributed by atoms with E-state index in [0.717, 1.165) is 6.42 Å². The maximum absolute atomic E-state index is 9.65. The van der Waals surface area contributed by atoms with Gasteiger partial charge in [0, 0.05) is 11.6 Å². The van der Waals surface area contributed by atoms with Crippen molar-refractivity contribution >= 4 is 15.9 Å². The zero-order chi connectivity index (χ0) is 10.7. The van der Waals surface area contributed by atoms with Crippen molar-refractivity contribution in [1.82, 2.24) is 0 Å². The Kier molecular flexibility index (Phi) is 3.77. The lowest BCUT2D eigenvalue weighted by Crippen LogP contribution is -2.21. The maximum Gasteiger partial charge on any atom is 0.133 e. The van der Waals surface area contributed by atoms with E-state index in [4.69, 9.17) is 5.73 Å². The lowest BCUT2D eigenvalue weighted by Gasteiger charge is -2.11. The van der Waals surface area contributed by atoms with E-state index < -0.39 is 0 Å². The standard InChI is InChI=1S/C10H14BrNO2/c1-2-7(12)3-6-4-8(13)5-9(11)10(6)14/h4-5,7,13-14H,2-3,12H2,1H3. The number of rotatable bonds is 3. The predicted molar refractivity (Wildman–Crippen MR) is 59.4 cm³/mol. The van der Waals surface area contributed by atoms with Gasteiger partial charge in [0.1, 0.15) is 11.5 Å². The van der Waals surface area contributed by atoms with E-state index in [-0.39, 0.29) is 17.5 Å². The number of nitrogens with two attached hydrogens (primary N) is 1. The molecule has 14 heavy (non-hydrogen) atoms. The molecule has 0 fully saturated rings. The third-order valence-electron chi connectivity index (χ3n) is 2.13. The molecule has 0 radical (unpaired) electrons. The van der Waals surface area contributed by atoms with E-state index in [0.29, 0.717) is 16.5 Å². The van der Waals surface area contributed by atoms with Crippen molar-refractivity contribution < 1.29 is 10.2 Å². The lowest BCUT2D eigenvalue weighted by molar-refractivity contribution is 0.447. The van der Waals surface area contributed by atoms with Crippen LogP contribution in [-0.2, 0) is 6.42 Å². The average molecular weight is 260 g/mol. The zero-order valence-electron chi connectivity index (χ0n) is 8.00. The van der Waals surface area contributed by atoms with Crippen molar-refractivity contribution in [3.8, 4) is 11.5 Å². The van der Waals surface area contributed by atoms with E-state index in [2.05, 4.69) is 15.9 Å². The third kappa shape index (κ3) is 2.62. The van der Waals surface area contributed by atoms with E-state index in [1.807, 2.05) is 6.92 Å². The number of aromatic hydroxyl groups is 2. The minimum atomic E-state index is 0.00889. The molecule has 0 aliphatic heterocycles. The quantitative estimate of drug-likeness (QED) is 0.729. The second kappa shape index (κ2) is 4.66. The minimum Gasteiger partial charge on any atom is -0.508 e. The van der Waals surface area contributed by atoms with Gasteiger partial charge in [-0.2, -0.15) is 0 Å². The van der Waals surface area contributed by atoms with Crippen LogP contribution >= 0.6 is 15.9 Å². The summed E-state index contributed by atoms with van der Waals surface area (Å²) in [6.07, 6.45) is 1.40. The molecule has 1 atom stereocenters. The van der Waals surface area contributed by atoms with Gasteiger partial charge in [-0.05, 0) is 40.9 Å². The Morgan fingerprint density at radius 2 is 2.07 bits per heavy atom. The first kappa shape index (κ1) is 11.3. The Morgan fingerprint density at radius 1 is 1.43 bits per heavy atom. The fourth-order valence-corrected chi connectivity index (χ4v) is 1.71. The number of hydrogen-bond acceptors (Lipinski definition) is 3. The molecule has 78 valence electrons. The van der Waals surface area contributed by atoms with Crippen molar-refractivity contribution in [2.24, 2.45) is 5.73 Å². The van der Waals surface area contributed by atoms with Crippen LogP contribution in [0.4, 0.5) is 0 Å². The summed E-state index contributed by atoms with van der Waals surface area (Å²) in [5, 5.41) is 19.0. The van der Waals surface area contributed by atoms with E-state index in [9.17, 15) is 10.2 Å². The molecule has 0 saturated carbocycles. The van der Waals surface area contributed by atoms with E-state index in [1.54, 1.807) is 0 Å². The van der Waals surface area contributed by atoms with Crippen LogP contribution in [0.1, 0.15) is 18.9 Å². The van der Waals surface area contributed by atoms with Crippen LogP contribution in [-0.4, -0.2) is 16.3 Å². The topological polar surface area (TPSA) is 66.5 Å². The minimum absolute atomic E-state index is 0.00889. The smallest absolute Gasteiger partial charge is 0.133 e. The fourth-order valence-electron chi connectivity index (χ4n) is 1.22. The van der Waals surface area contributed by atoms with Crippen LogP contribution in [0.5, 0.6) is 11.5 Å². The Bertz CT molecular complexity index is 328. The van der Waals surface area contributed by atoms with Crippen molar-refractivity contribution in [2.45, 2.75) is 25.8 Å². The molecule has 0 bridgehead atoms. The Morgan fingerprint density at radius 3 is 2.64 bits per heavy atom. The van der Waals surface area contributed by atoms with Gasteiger partial charge in [0.25, 0.3) is 0 Å².